The molecule has 0 unspecified atom stereocenters. The molecule has 0 atom stereocenters. The predicted molar refractivity (Wildman–Crippen MR) is 86.3 cm³/mol. The van der Waals surface area contributed by atoms with Crippen molar-refractivity contribution in [1.82, 2.24) is 4.98 Å². The van der Waals surface area contributed by atoms with Crippen molar-refractivity contribution in [3.63, 3.8) is 0 Å². The number of nitrogens with one attached hydrogen (secondary N) is 1. The number of nitrogens with zero attached hydrogens (tertiary/aromatic N) is 1. The fraction of sp³-hybridized carbons (Fsp3) is 0. The van der Waals surface area contributed by atoms with Crippen molar-refractivity contribution in [2.45, 2.75) is 0 Å². The van der Waals surface area contributed by atoms with E-state index in [1.165, 1.54) is 6.07 Å². The Hall–Kier alpha value is -0.860. The van der Waals surface area contributed by atoms with Gasteiger partial charge in [0.1, 0.15) is 5.82 Å². The highest BCUT2D eigenvalue weighted by Crippen LogP contribution is 2.27. The summed E-state index contributed by atoms with van der Waals surface area (Å²) in [6, 6.07) is 8.90. The molecule has 1 aromatic heterocycles. The highest BCUT2D eigenvalue weighted by molar-refractivity contribution is 14.1. The standard InChI is InChI=1S/C12H7BrClIN2O2/c13-7-2-1-6(15)5-9(7)16-10-4-3-8(14)11(17-10)12(18)19/h1-5H,(H,16,17)(H,18,19). The lowest BCUT2D eigenvalue weighted by molar-refractivity contribution is 0.0691. The highest BCUT2D eigenvalue weighted by atomic mass is 127. The molecule has 0 aliphatic heterocycles. The number of halogens is 3. The number of carbonyl (C=O) groups is 1. The molecule has 2 rings (SSSR count). The van der Waals surface area contributed by atoms with Crippen molar-refractivity contribution in [2.75, 3.05) is 5.32 Å². The molecular formula is C12H7BrClIN2O2. The molecular weight excluding hydrogens is 446 g/mol. The van der Waals surface area contributed by atoms with Gasteiger partial charge in [-0.2, -0.15) is 0 Å². The molecule has 0 radical (unpaired) electrons. The van der Waals surface area contributed by atoms with Gasteiger partial charge in [0.25, 0.3) is 0 Å². The average Bonchev–Trinajstić information content (AvgIpc) is 2.36. The molecule has 2 N–H and O–H groups in total. The molecule has 0 aliphatic rings. The molecule has 1 aromatic carbocycles. The van der Waals surface area contributed by atoms with Gasteiger partial charge in [-0.3, -0.25) is 0 Å². The summed E-state index contributed by atoms with van der Waals surface area (Å²) in [5.41, 5.74) is 0.631. The zero-order valence-corrected chi connectivity index (χ0v) is 13.8. The van der Waals surface area contributed by atoms with Gasteiger partial charge in [0.15, 0.2) is 5.69 Å². The SMILES string of the molecule is O=C(O)c1nc(Nc2cc(I)ccc2Br)ccc1Cl. The number of carboxylic acid groups (broad SMARTS) is 1. The van der Waals surface area contributed by atoms with Gasteiger partial charge in [-0.15, -0.1) is 0 Å². The van der Waals surface area contributed by atoms with Crippen molar-refractivity contribution in [1.29, 1.82) is 0 Å². The summed E-state index contributed by atoms with van der Waals surface area (Å²) >= 11 is 11.4. The summed E-state index contributed by atoms with van der Waals surface area (Å²) in [6.45, 7) is 0. The quantitative estimate of drug-likeness (QED) is 0.670. The summed E-state index contributed by atoms with van der Waals surface area (Å²) in [6.07, 6.45) is 0. The molecule has 0 bridgehead atoms. The van der Waals surface area contributed by atoms with E-state index in [0.717, 1.165) is 13.7 Å². The topological polar surface area (TPSA) is 62.2 Å². The minimum Gasteiger partial charge on any atom is -0.476 e. The number of rotatable bonds is 3. The molecule has 4 nitrogen and oxygen atoms in total. The van der Waals surface area contributed by atoms with E-state index in [-0.39, 0.29) is 10.7 Å². The number of hydrogen-bond donors (Lipinski definition) is 2. The minimum absolute atomic E-state index is 0.111. The summed E-state index contributed by atoms with van der Waals surface area (Å²) in [7, 11) is 0. The Morgan fingerprint density at radius 1 is 1.37 bits per heavy atom. The van der Waals surface area contributed by atoms with Gasteiger partial charge in [0.2, 0.25) is 0 Å². The lowest BCUT2D eigenvalue weighted by Crippen LogP contribution is -2.04. The third-order valence-corrected chi connectivity index (χ3v) is 3.91. The molecule has 7 heteroatoms. The second-order valence-electron chi connectivity index (χ2n) is 3.58. The Balaban J connectivity index is 2.36. The van der Waals surface area contributed by atoms with E-state index in [1.807, 2.05) is 18.2 Å². The summed E-state index contributed by atoms with van der Waals surface area (Å²) in [5, 5.41) is 12.1. The molecule has 0 saturated heterocycles. The van der Waals surface area contributed by atoms with Crippen LogP contribution in [0.3, 0.4) is 0 Å². The largest absolute Gasteiger partial charge is 0.476 e. The second kappa shape index (κ2) is 6.06. The van der Waals surface area contributed by atoms with Gasteiger partial charge >= 0.3 is 5.97 Å². The molecule has 98 valence electrons. The van der Waals surface area contributed by atoms with Gasteiger partial charge in [0, 0.05) is 8.04 Å². The van der Waals surface area contributed by atoms with Crippen LogP contribution in [0.5, 0.6) is 0 Å². The van der Waals surface area contributed by atoms with E-state index in [4.69, 9.17) is 16.7 Å². The summed E-state index contributed by atoms with van der Waals surface area (Å²) in [4.78, 5) is 14.9. The Morgan fingerprint density at radius 3 is 2.79 bits per heavy atom. The molecule has 2 aromatic rings. The molecule has 1 heterocycles. The zero-order valence-electron chi connectivity index (χ0n) is 9.32. The van der Waals surface area contributed by atoms with Gasteiger partial charge in [-0.25, -0.2) is 9.78 Å². The predicted octanol–water partition coefficient (Wildman–Crippen LogP) is 4.54. The molecule has 0 amide bonds. The molecule has 0 spiro atoms. The van der Waals surface area contributed by atoms with Crippen LogP contribution >= 0.6 is 50.1 Å². The first-order valence-electron chi connectivity index (χ1n) is 5.09. The summed E-state index contributed by atoms with van der Waals surface area (Å²) in [5.74, 6) is -0.736. The maximum atomic E-state index is 11.0. The molecule has 19 heavy (non-hydrogen) atoms. The third-order valence-electron chi connectivity index (χ3n) is 2.24. The van der Waals surface area contributed by atoms with Crippen molar-refractivity contribution in [3.05, 3.63) is 49.1 Å². The number of benzene rings is 1. The normalized spacial score (nSPS) is 10.3. The molecule has 0 fully saturated rings. The van der Waals surface area contributed by atoms with Crippen molar-refractivity contribution in [3.8, 4) is 0 Å². The molecule has 0 saturated carbocycles. The van der Waals surface area contributed by atoms with Crippen LogP contribution in [0.1, 0.15) is 10.5 Å². The van der Waals surface area contributed by atoms with E-state index in [2.05, 4.69) is 48.8 Å². The van der Waals surface area contributed by atoms with E-state index in [1.54, 1.807) is 6.07 Å². The highest BCUT2D eigenvalue weighted by Gasteiger charge is 2.12. The Labute approximate surface area is 136 Å². The van der Waals surface area contributed by atoms with Crippen molar-refractivity contribution >= 4 is 67.6 Å². The van der Waals surface area contributed by atoms with Crippen LogP contribution in [0.2, 0.25) is 5.02 Å². The first kappa shape index (κ1) is 14.5. The van der Waals surface area contributed by atoms with Gasteiger partial charge in [0.05, 0.1) is 10.7 Å². The number of aromatic carboxylic acids is 1. The average molecular weight is 453 g/mol. The molecule has 0 aliphatic carbocycles. The Morgan fingerprint density at radius 2 is 2.11 bits per heavy atom. The number of pyridine rings is 1. The minimum atomic E-state index is -1.16. The summed E-state index contributed by atoms with van der Waals surface area (Å²) < 4.78 is 1.91. The van der Waals surface area contributed by atoms with E-state index >= 15 is 0 Å². The number of aromatic nitrogens is 1. The van der Waals surface area contributed by atoms with Crippen molar-refractivity contribution < 1.29 is 9.90 Å². The van der Waals surface area contributed by atoms with Crippen LogP contribution in [0.4, 0.5) is 11.5 Å². The van der Waals surface area contributed by atoms with Crippen LogP contribution in [-0.2, 0) is 0 Å². The smallest absolute Gasteiger partial charge is 0.356 e. The zero-order chi connectivity index (χ0) is 14.0. The van der Waals surface area contributed by atoms with Gasteiger partial charge in [-0.05, 0) is 68.9 Å². The van der Waals surface area contributed by atoms with E-state index in [9.17, 15) is 4.79 Å². The van der Waals surface area contributed by atoms with Crippen molar-refractivity contribution in [2.24, 2.45) is 0 Å². The number of anilines is 2. The van der Waals surface area contributed by atoms with Crippen LogP contribution in [0.15, 0.2) is 34.8 Å². The number of hydrogen-bond acceptors (Lipinski definition) is 3. The van der Waals surface area contributed by atoms with Gasteiger partial charge < -0.3 is 10.4 Å². The fourth-order valence-electron chi connectivity index (χ4n) is 1.39. The first-order valence-corrected chi connectivity index (χ1v) is 7.34. The van der Waals surface area contributed by atoms with Crippen LogP contribution in [0.25, 0.3) is 0 Å². The van der Waals surface area contributed by atoms with E-state index in [0.29, 0.717) is 5.82 Å². The monoisotopic (exact) mass is 452 g/mol. The van der Waals surface area contributed by atoms with Gasteiger partial charge in [-0.1, -0.05) is 11.6 Å². The first-order chi connectivity index (χ1) is 8.97. The van der Waals surface area contributed by atoms with E-state index < -0.39 is 5.97 Å². The lowest BCUT2D eigenvalue weighted by atomic mass is 10.3. The fourth-order valence-corrected chi connectivity index (χ4v) is 2.42. The van der Waals surface area contributed by atoms with Crippen LogP contribution < -0.4 is 5.32 Å². The van der Waals surface area contributed by atoms with Crippen LogP contribution in [-0.4, -0.2) is 16.1 Å². The second-order valence-corrected chi connectivity index (χ2v) is 6.09. The number of carboxylic acids is 1. The maximum Gasteiger partial charge on any atom is 0.356 e. The Bertz CT molecular complexity index is 652. The lowest BCUT2D eigenvalue weighted by Gasteiger charge is -2.09. The maximum absolute atomic E-state index is 11.0. The Kier molecular flexibility index (Phi) is 4.64. The van der Waals surface area contributed by atoms with Crippen LogP contribution in [0, 0.1) is 3.57 Å². The third kappa shape index (κ3) is 3.58.